The summed E-state index contributed by atoms with van der Waals surface area (Å²) in [6.07, 6.45) is 4.91. The van der Waals surface area contributed by atoms with Crippen LogP contribution < -0.4 is 0 Å². The van der Waals surface area contributed by atoms with Crippen LogP contribution in [0.1, 0.15) is 46.0 Å². The lowest BCUT2D eigenvalue weighted by molar-refractivity contribution is -0.131. The number of hydrogen-bond donors (Lipinski definition) is 0. The Morgan fingerprint density at radius 3 is 2.73 bits per heavy atom. The monoisotopic (exact) mass is 231 g/mol. The maximum atomic E-state index is 11.8. The van der Waals surface area contributed by atoms with Crippen molar-refractivity contribution in [2.75, 3.05) is 19.0 Å². The van der Waals surface area contributed by atoms with Gasteiger partial charge >= 0.3 is 0 Å². The number of halogens is 1. The van der Waals surface area contributed by atoms with Crippen molar-refractivity contribution in [3.63, 3.8) is 0 Å². The van der Waals surface area contributed by atoms with E-state index in [1.54, 1.807) is 0 Å². The predicted molar refractivity (Wildman–Crippen MR) is 64.2 cm³/mol. The van der Waals surface area contributed by atoms with Crippen molar-refractivity contribution in [1.82, 2.24) is 4.90 Å². The number of hydrogen-bond acceptors (Lipinski definition) is 1. The van der Waals surface area contributed by atoms with Crippen LogP contribution in [0.5, 0.6) is 0 Å². The third-order valence-electron chi connectivity index (χ3n) is 3.22. The Hall–Kier alpha value is -0.240. The van der Waals surface area contributed by atoms with Crippen molar-refractivity contribution >= 4 is 17.5 Å². The first kappa shape index (κ1) is 12.8. The van der Waals surface area contributed by atoms with Gasteiger partial charge in [0.2, 0.25) is 5.91 Å². The molecule has 0 aliphatic carbocycles. The molecule has 1 rings (SSSR count). The van der Waals surface area contributed by atoms with Crippen molar-refractivity contribution in [3.8, 4) is 0 Å². The molecule has 0 atom stereocenters. The first-order valence-electron chi connectivity index (χ1n) is 5.89. The molecule has 3 heteroatoms. The lowest BCUT2D eigenvalue weighted by Crippen LogP contribution is -2.32. The van der Waals surface area contributed by atoms with Crippen LogP contribution >= 0.6 is 11.6 Å². The van der Waals surface area contributed by atoms with Gasteiger partial charge in [-0.15, -0.1) is 11.6 Å². The highest BCUT2D eigenvalue weighted by Crippen LogP contribution is 2.29. The SMILES string of the molecule is CC1(C)CCCN(C(=O)CCCCl)CC1. The molecule has 0 aromatic heterocycles. The zero-order valence-electron chi connectivity index (χ0n) is 9.89. The van der Waals surface area contributed by atoms with Gasteiger partial charge in [0.15, 0.2) is 0 Å². The number of rotatable bonds is 3. The van der Waals surface area contributed by atoms with Crippen LogP contribution in [0.3, 0.4) is 0 Å². The summed E-state index contributed by atoms with van der Waals surface area (Å²) in [5, 5.41) is 0. The average molecular weight is 232 g/mol. The highest BCUT2D eigenvalue weighted by Gasteiger charge is 2.24. The normalized spacial score (nSPS) is 21.1. The van der Waals surface area contributed by atoms with E-state index < -0.39 is 0 Å². The van der Waals surface area contributed by atoms with E-state index in [0.717, 1.165) is 32.4 Å². The Balaban J connectivity index is 2.40. The summed E-state index contributed by atoms with van der Waals surface area (Å²) >= 11 is 5.59. The Morgan fingerprint density at radius 1 is 1.33 bits per heavy atom. The summed E-state index contributed by atoms with van der Waals surface area (Å²) in [7, 11) is 0. The topological polar surface area (TPSA) is 20.3 Å². The Kier molecular flexibility index (Phi) is 4.91. The lowest BCUT2D eigenvalue weighted by atomic mass is 9.85. The number of carbonyl (C=O) groups is 1. The fourth-order valence-corrected chi connectivity index (χ4v) is 2.18. The van der Waals surface area contributed by atoms with Crippen LogP contribution in [0.25, 0.3) is 0 Å². The summed E-state index contributed by atoms with van der Waals surface area (Å²) in [6, 6.07) is 0. The molecule has 1 aliphatic rings. The number of alkyl halides is 1. The summed E-state index contributed by atoms with van der Waals surface area (Å²) in [6.45, 7) is 6.44. The first-order chi connectivity index (χ1) is 7.05. The van der Waals surface area contributed by atoms with E-state index in [2.05, 4.69) is 13.8 Å². The van der Waals surface area contributed by atoms with Gasteiger partial charge in [-0.2, -0.15) is 0 Å². The summed E-state index contributed by atoms with van der Waals surface area (Å²) in [4.78, 5) is 13.8. The Bertz CT molecular complexity index is 216. The van der Waals surface area contributed by atoms with Crippen LogP contribution in [0.2, 0.25) is 0 Å². The minimum Gasteiger partial charge on any atom is -0.343 e. The molecule has 0 bridgehead atoms. The summed E-state index contributed by atoms with van der Waals surface area (Å²) in [5.74, 6) is 0.874. The number of amides is 1. The second kappa shape index (κ2) is 5.74. The molecule has 2 nitrogen and oxygen atoms in total. The van der Waals surface area contributed by atoms with Crippen LogP contribution in [0, 0.1) is 5.41 Å². The molecule has 0 N–H and O–H groups in total. The number of nitrogens with zero attached hydrogens (tertiary/aromatic N) is 1. The highest BCUT2D eigenvalue weighted by molar-refractivity contribution is 6.17. The standard InChI is InChI=1S/C12H22ClNO/c1-12(2)6-4-9-14(10-7-12)11(15)5-3-8-13/h3-10H2,1-2H3. The van der Waals surface area contributed by atoms with Gasteiger partial charge in [0, 0.05) is 25.4 Å². The quantitative estimate of drug-likeness (QED) is 0.684. The van der Waals surface area contributed by atoms with E-state index >= 15 is 0 Å². The lowest BCUT2D eigenvalue weighted by Gasteiger charge is -2.23. The minimum atomic E-state index is 0.286. The molecule has 1 amide bonds. The maximum absolute atomic E-state index is 11.8. The van der Waals surface area contributed by atoms with Crippen LogP contribution in [0.15, 0.2) is 0 Å². The molecule has 1 aliphatic heterocycles. The van der Waals surface area contributed by atoms with Gasteiger partial charge in [-0.3, -0.25) is 4.79 Å². The molecule has 1 saturated heterocycles. The van der Waals surface area contributed by atoms with Crippen molar-refractivity contribution in [2.24, 2.45) is 5.41 Å². The maximum Gasteiger partial charge on any atom is 0.222 e. The van der Waals surface area contributed by atoms with E-state index in [1.807, 2.05) is 4.90 Å². The van der Waals surface area contributed by atoms with Crippen LogP contribution in [0.4, 0.5) is 0 Å². The molecule has 15 heavy (non-hydrogen) atoms. The Labute approximate surface area is 98.0 Å². The Morgan fingerprint density at radius 2 is 2.07 bits per heavy atom. The highest BCUT2D eigenvalue weighted by atomic mass is 35.5. The van der Waals surface area contributed by atoms with Crippen molar-refractivity contribution in [2.45, 2.75) is 46.0 Å². The van der Waals surface area contributed by atoms with E-state index in [4.69, 9.17) is 11.6 Å². The van der Waals surface area contributed by atoms with E-state index in [0.29, 0.717) is 17.7 Å². The van der Waals surface area contributed by atoms with Gasteiger partial charge in [0.1, 0.15) is 0 Å². The first-order valence-corrected chi connectivity index (χ1v) is 6.42. The molecule has 0 unspecified atom stereocenters. The van der Waals surface area contributed by atoms with Crippen molar-refractivity contribution < 1.29 is 4.79 Å². The van der Waals surface area contributed by atoms with Gasteiger partial charge < -0.3 is 4.90 Å². The second-order valence-electron chi connectivity index (χ2n) is 5.19. The second-order valence-corrected chi connectivity index (χ2v) is 5.57. The summed E-state index contributed by atoms with van der Waals surface area (Å²) in [5.41, 5.74) is 0.404. The zero-order valence-corrected chi connectivity index (χ0v) is 10.6. The third-order valence-corrected chi connectivity index (χ3v) is 3.48. The van der Waals surface area contributed by atoms with Gasteiger partial charge in [-0.25, -0.2) is 0 Å². The predicted octanol–water partition coefficient (Wildman–Crippen LogP) is 3.04. The van der Waals surface area contributed by atoms with Gasteiger partial charge in [0.25, 0.3) is 0 Å². The number of likely N-dealkylation sites (tertiary alicyclic amines) is 1. The van der Waals surface area contributed by atoms with E-state index in [1.165, 1.54) is 6.42 Å². The van der Waals surface area contributed by atoms with Crippen molar-refractivity contribution in [1.29, 1.82) is 0 Å². The van der Waals surface area contributed by atoms with E-state index in [-0.39, 0.29) is 5.91 Å². The molecule has 1 heterocycles. The number of carbonyl (C=O) groups excluding carboxylic acids is 1. The van der Waals surface area contributed by atoms with E-state index in [9.17, 15) is 4.79 Å². The molecule has 0 radical (unpaired) electrons. The van der Waals surface area contributed by atoms with Crippen LogP contribution in [-0.2, 0) is 4.79 Å². The smallest absolute Gasteiger partial charge is 0.222 e. The molecule has 0 saturated carbocycles. The molecule has 1 fully saturated rings. The zero-order chi connectivity index (χ0) is 11.3. The van der Waals surface area contributed by atoms with Gasteiger partial charge in [-0.1, -0.05) is 13.8 Å². The fraction of sp³-hybridized carbons (Fsp3) is 0.917. The fourth-order valence-electron chi connectivity index (χ4n) is 2.05. The molecule has 0 aromatic rings. The van der Waals surface area contributed by atoms with Crippen LogP contribution in [-0.4, -0.2) is 29.8 Å². The van der Waals surface area contributed by atoms with Gasteiger partial charge in [-0.05, 0) is 31.1 Å². The third kappa shape index (κ3) is 4.42. The minimum absolute atomic E-state index is 0.286. The molecule has 88 valence electrons. The average Bonchev–Trinajstić information content (AvgIpc) is 2.36. The molecular weight excluding hydrogens is 210 g/mol. The molecule has 0 aromatic carbocycles. The largest absolute Gasteiger partial charge is 0.343 e. The molecule has 0 spiro atoms. The molecular formula is C12H22ClNO. The van der Waals surface area contributed by atoms with Gasteiger partial charge in [0.05, 0.1) is 0 Å². The summed E-state index contributed by atoms with van der Waals surface area (Å²) < 4.78 is 0. The van der Waals surface area contributed by atoms with Crippen molar-refractivity contribution in [3.05, 3.63) is 0 Å².